The van der Waals surface area contributed by atoms with Crippen LogP contribution in [0.25, 0.3) is 0 Å². The van der Waals surface area contributed by atoms with Crippen LogP contribution in [0, 0.1) is 0 Å². The molecule has 0 fully saturated rings. The summed E-state index contributed by atoms with van der Waals surface area (Å²) in [5, 5.41) is -0.763. The molecule has 0 spiro atoms. The number of hydrogen-bond donors (Lipinski definition) is 0. The van der Waals surface area contributed by atoms with Gasteiger partial charge in [-0.05, 0) is 13.8 Å². The van der Waals surface area contributed by atoms with Crippen molar-refractivity contribution in [1.29, 1.82) is 0 Å². The van der Waals surface area contributed by atoms with E-state index in [1.165, 1.54) is 14.0 Å². The van der Waals surface area contributed by atoms with E-state index in [9.17, 15) is 13.2 Å². The maximum Gasteiger partial charge on any atom is 0.306 e. The van der Waals surface area contributed by atoms with Crippen LogP contribution in [-0.4, -0.2) is 39.3 Å². The van der Waals surface area contributed by atoms with Crippen molar-refractivity contribution in [1.82, 2.24) is 0 Å². The van der Waals surface area contributed by atoms with E-state index >= 15 is 0 Å². The molecule has 0 heterocycles. The SMILES string of the molecule is CCOCS(=O)(=O)C(C)CC(=O)OC. The molecule has 1 unspecified atom stereocenters. The molecule has 84 valence electrons. The summed E-state index contributed by atoms with van der Waals surface area (Å²) in [6.07, 6.45) is -0.133. The smallest absolute Gasteiger partial charge is 0.306 e. The summed E-state index contributed by atoms with van der Waals surface area (Å²) in [5.41, 5.74) is 0. The molecular formula is C8H16O5S. The second-order valence-electron chi connectivity index (χ2n) is 2.86. The summed E-state index contributed by atoms with van der Waals surface area (Å²) in [6, 6.07) is 0. The van der Waals surface area contributed by atoms with Gasteiger partial charge in [0.15, 0.2) is 9.84 Å². The predicted octanol–water partition coefficient (Wildman–Crippen LogP) is 0.347. The Kier molecular flexibility index (Phi) is 5.71. The molecule has 0 aromatic rings. The molecule has 0 bridgehead atoms. The lowest BCUT2D eigenvalue weighted by molar-refractivity contribution is -0.140. The Hall–Kier alpha value is -0.620. The van der Waals surface area contributed by atoms with Gasteiger partial charge in [-0.1, -0.05) is 0 Å². The Labute approximate surface area is 84.3 Å². The highest BCUT2D eigenvalue weighted by molar-refractivity contribution is 7.91. The fourth-order valence-electron chi connectivity index (χ4n) is 0.761. The average Bonchev–Trinajstić information content (AvgIpc) is 2.14. The summed E-state index contributed by atoms with van der Waals surface area (Å²) in [5.74, 6) is -0.876. The second-order valence-corrected chi connectivity index (χ2v) is 5.23. The fourth-order valence-corrected chi connectivity index (χ4v) is 1.78. The van der Waals surface area contributed by atoms with Crippen molar-refractivity contribution in [2.45, 2.75) is 25.5 Å². The first-order chi connectivity index (χ1) is 6.44. The van der Waals surface area contributed by atoms with Crippen LogP contribution in [0.15, 0.2) is 0 Å². The number of rotatable bonds is 6. The molecule has 0 radical (unpaired) electrons. The Morgan fingerprint density at radius 3 is 2.43 bits per heavy atom. The van der Waals surface area contributed by atoms with E-state index in [0.717, 1.165) is 0 Å². The standard InChI is InChI=1S/C8H16O5S/c1-4-13-6-14(10,11)7(2)5-8(9)12-3/h7H,4-6H2,1-3H3. The van der Waals surface area contributed by atoms with Crippen molar-refractivity contribution in [3.63, 3.8) is 0 Å². The first-order valence-corrected chi connectivity index (χ1v) is 6.01. The van der Waals surface area contributed by atoms with Crippen molar-refractivity contribution in [2.75, 3.05) is 19.7 Å². The van der Waals surface area contributed by atoms with Crippen molar-refractivity contribution in [3.05, 3.63) is 0 Å². The van der Waals surface area contributed by atoms with Crippen molar-refractivity contribution in [3.8, 4) is 0 Å². The van der Waals surface area contributed by atoms with Crippen LogP contribution in [0.1, 0.15) is 20.3 Å². The molecule has 1 atom stereocenters. The zero-order chi connectivity index (χ0) is 11.2. The first-order valence-electron chi connectivity index (χ1n) is 4.30. The minimum atomic E-state index is -3.35. The van der Waals surface area contributed by atoms with E-state index in [0.29, 0.717) is 6.61 Å². The number of hydrogen-bond acceptors (Lipinski definition) is 5. The Morgan fingerprint density at radius 1 is 1.43 bits per heavy atom. The van der Waals surface area contributed by atoms with Gasteiger partial charge in [-0.15, -0.1) is 0 Å². The van der Waals surface area contributed by atoms with Gasteiger partial charge >= 0.3 is 5.97 Å². The van der Waals surface area contributed by atoms with E-state index in [4.69, 9.17) is 4.74 Å². The van der Waals surface area contributed by atoms with Crippen LogP contribution < -0.4 is 0 Å². The zero-order valence-electron chi connectivity index (χ0n) is 8.65. The third-order valence-corrected chi connectivity index (χ3v) is 3.63. The molecule has 5 nitrogen and oxygen atoms in total. The van der Waals surface area contributed by atoms with Crippen LogP contribution in [0.5, 0.6) is 0 Å². The number of ether oxygens (including phenoxy) is 2. The molecule has 6 heteroatoms. The number of sulfone groups is 1. The van der Waals surface area contributed by atoms with Gasteiger partial charge in [-0.25, -0.2) is 8.42 Å². The number of carbonyl (C=O) groups excluding carboxylic acids is 1. The van der Waals surface area contributed by atoms with Gasteiger partial charge in [-0.3, -0.25) is 4.79 Å². The topological polar surface area (TPSA) is 69.7 Å². The number of esters is 1. The third kappa shape index (κ3) is 4.57. The fraction of sp³-hybridized carbons (Fsp3) is 0.875. The highest BCUT2D eigenvalue weighted by Gasteiger charge is 2.23. The molecule has 0 saturated carbocycles. The Morgan fingerprint density at radius 2 is 2.00 bits per heavy atom. The molecule has 0 rings (SSSR count). The van der Waals surface area contributed by atoms with Crippen LogP contribution in [0.2, 0.25) is 0 Å². The van der Waals surface area contributed by atoms with E-state index in [-0.39, 0.29) is 12.4 Å². The molecule has 0 aliphatic heterocycles. The molecule has 0 aliphatic rings. The van der Waals surface area contributed by atoms with E-state index in [2.05, 4.69) is 4.74 Å². The maximum absolute atomic E-state index is 11.4. The van der Waals surface area contributed by atoms with Gasteiger partial charge in [0.1, 0.15) is 5.94 Å². The summed E-state index contributed by atoms with van der Waals surface area (Å²) in [4.78, 5) is 10.8. The summed E-state index contributed by atoms with van der Waals surface area (Å²) in [6.45, 7) is 3.51. The molecule has 0 aromatic heterocycles. The average molecular weight is 224 g/mol. The third-order valence-electron chi connectivity index (χ3n) is 1.75. The van der Waals surface area contributed by atoms with Crippen molar-refractivity contribution >= 4 is 15.8 Å². The lowest BCUT2D eigenvalue weighted by atomic mass is 10.3. The van der Waals surface area contributed by atoms with E-state index in [1.54, 1.807) is 6.92 Å². The van der Waals surface area contributed by atoms with Crippen LogP contribution in [-0.2, 0) is 24.1 Å². The number of methoxy groups -OCH3 is 1. The van der Waals surface area contributed by atoms with Crippen LogP contribution in [0.4, 0.5) is 0 Å². The van der Waals surface area contributed by atoms with Crippen molar-refractivity contribution < 1.29 is 22.7 Å². The minimum Gasteiger partial charge on any atom is -0.469 e. The number of carbonyl (C=O) groups is 1. The molecular weight excluding hydrogens is 208 g/mol. The minimum absolute atomic E-state index is 0.133. The molecule has 14 heavy (non-hydrogen) atoms. The first kappa shape index (κ1) is 13.4. The van der Waals surface area contributed by atoms with Crippen LogP contribution in [0.3, 0.4) is 0 Å². The largest absolute Gasteiger partial charge is 0.469 e. The normalized spacial score (nSPS) is 13.6. The van der Waals surface area contributed by atoms with Gasteiger partial charge in [0.25, 0.3) is 0 Å². The molecule has 0 amide bonds. The van der Waals surface area contributed by atoms with E-state index < -0.39 is 21.1 Å². The lowest BCUT2D eigenvalue weighted by Crippen LogP contribution is -2.25. The highest BCUT2D eigenvalue weighted by Crippen LogP contribution is 2.07. The van der Waals surface area contributed by atoms with E-state index in [1.807, 2.05) is 0 Å². The van der Waals surface area contributed by atoms with Gasteiger partial charge in [0.05, 0.1) is 18.8 Å². The second kappa shape index (κ2) is 5.98. The van der Waals surface area contributed by atoms with Gasteiger partial charge in [0, 0.05) is 6.61 Å². The molecule has 0 N–H and O–H groups in total. The molecule has 0 aromatic carbocycles. The molecule has 0 saturated heterocycles. The van der Waals surface area contributed by atoms with Crippen molar-refractivity contribution in [2.24, 2.45) is 0 Å². The van der Waals surface area contributed by atoms with Gasteiger partial charge in [-0.2, -0.15) is 0 Å². The lowest BCUT2D eigenvalue weighted by Gasteiger charge is -2.10. The monoisotopic (exact) mass is 224 g/mol. The molecule has 0 aliphatic carbocycles. The summed E-state index contributed by atoms with van der Waals surface area (Å²) >= 11 is 0. The van der Waals surface area contributed by atoms with Gasteiger partial charge < -0.3 is 9.47 Å². The highest BCUT2D eigenvalue weighted by atomic mass is 32.2. The summed E-state index contributed by atoms with van der Waals surface area (Å²) in [7, 11) is -2.12. The van der Waals surface area contributed by atoms with Crippen LogP contribution >= 0.6 is 0 Å². The Bertz CT molecular complexity index is 269. The maximum atomic E-state index is 11.4. The summed E-state index contributed by atoms with van der Waals surface area (Å²) < 4.78 is 32.0. The Balaban J connectivity index is 4.21. The predicted molar refractivity (Wildman–Crippen MR) is 51.5 cm³/mol. The quantitative estimate of drug-likeness (QED) is 0.609. The zero-order valence-corrected chi connectivity index (χ0v) is 9.46. The van der Waals surface area contributed by atoms with Gasteiger partial charge in [0.2, 0.25) is 0 Å².